The van der Waals surface area contributed by atoms with Crippen molar-refractivity contribution in [3.05, 3.63) is 0 Å². The van der Waals surface area contributed by atoms with Gasteiger partial charge in [0.1, 0.15) is 0 Å². The molecule has 1 unspecified atom stereocenters. The monoisotopic (exact) mass is 141 g/mol. The molecule has 0 saturated carbocycles. The largest absolute Gasteiger partial charge is 0.281 e. The van der Waals surface area contributed by atoms with Crippen molar-refractivity contribution in [2.45, 2.75) is 20.3 Å². The molecule has 0 bridgehead atoms. The zero-order valence-corrected chi connectivity index (χ0v) is 6.42. The first-order chi connectivity index (χ1) is 4.22. The summed E-state index contributed by atoms with van der Waals surface area (Å²) >= 11 is 4.42. The Hall–Kier alpha value is -0.550. The van der Waals surface area contributed by atoms with Crippen molar-refractivity contribution < 1.29 is 4.79 Å². The fourth-order valence-electron chi connectivity index (χ4n) is 0.502. The van der Waals surface area contributed by atoms with Crippen LogP contribution >= 0.6 is 12.6 Å². The lowest BCUT2D eigenvalue weighted by atomic mass is 10.1. The van der Waals surface area contributed by atoms with E-state index in [4.69, 9.17) is 0 Å². The molecule has 0 aromatic rings. The van der Waals surface area contributed by atoms with Gasteiger partial charge in [-0.05, 0) is 26.0 Å². The zero-order chi connectivity index (χ0) is 7.28. The molecule has 1 atom stereocenters. The van der Waals surface area contributed by atoms with Crippen LogP contribution in [0.25, 0.3) is 0 Å². The minimum Gasteiger partial charge on any atom is -0.281 e. The molecule has 0 aliphatic heterocycles. The second-order valence-corrected chi connectivity index (χ2v) is 2.08. The van der Waals surface area contributed by atoms with Crippen molar-refractivity contribution in [3.8, 4) is 11.8 Å². The van der Waals surface area contributed by atoms with E-state index in [0.29, 0.717) is 0 Å². The third-order valence-electron chi connectivity index (χ3n) is 1.01. The van der Waals surface area contributed by atoms with Gasteiger partial charge in [-0.15, -0.1) is 5.92 Å². The van der Waals surface area contributed by atoms with Crippen molar-refractivity contribution >= 4 is 17.7 Å². The van der Waals surface area contributed by atoms with Crippen molar-refractivity contribution in [3.63, 3.8) is 0 Å². The van der Waals surface area contributed by atoms with Gasteiger partial charge in [0.25, 0.3) is 0 Å². The third kappa shape index (κ3) is 3.10. The van der Waals surface area contributed by atoms with Crippen LogP contribution in [0.5, 0.6) is 0 Å². The van der Waals surface area contributed by atoms with Crippen molar-refractivity contribution in [2.24, 2.45) is 5.92 Å². The Balaban J connectivity index is 3.94. The van der Waals surface area contributed by atoms with Crippen LogP contribution in [-0.4, -0.2) is 5.12 Å². The molecule has 49 valence electrons. The molecule has 0 aromatic carbocycles. The standard InChI is InChI=1S/C7H9OS/c1-3-5-6(4-2)7(8)9/h6H,4H2,1-2H3. The highest BCUT2D eigenvalue weighted by molar-refractivity contribution is 7.96. The van der Waals surface area contributed by atoms with Gasteiger partial charge in [0.2, 0.25) is 5.12 Å². The fraction of sp³-hybridized carbons (Fsp3) is 0.571. The van der Waals surface area contributed by atoms with Gasteiger partial charge in [0, 0.05) is 0 Å². The SMILES string of the molecule is CC#CC(CC)C(=O)[S]. The summed E-state index contributed by atoms with van der Waals surface area (Å²) in [6.07, 6.45) is 0.725. The summed E-state index contributed by atoms with van der Waals surface area (Å²) in [7, 11) is 0. The first-order valence-electron chi connectivity index (χ1n) is 2.85. The van der Waals surface area contributed by atoms with Crippen LogP contribution in [0.15, 0.2) is 0 Å². The highest BCUT2D eigenvalue weighted by Gasteiger charge is 2.08. The van der Waals surface area contributed by atoms with E-state index in [0.717, 1.165) is 6.42 Å². The average Bonchev–Trinajstić information content (AvgIpc) is 1.82. The Morgan fingerprint density at radius 3 is 2.44 bits per heavy atom. The molecule has 0 rings (SSSR count). The van der Waals surface area contributed by atoms with Gasteiger partial charge < -0.3 is 0 Å². The summed E-state index contributed by atoms with van der Waals surface area (Å²) in [5.41, 5.74) is 0. The van der Waals surface area contributed by atoms with Crippen molar-refractivity contribution in [1.82, 2.24) is 0 Å². The smallest absolute Gasteiger partial charge is 0.233 e. The number of rotatable bonds is 2. The van der Waals surface area contributed by atoms with Crippen LogP contribution in [0.2, 0.25) is 0 Å². The number of hydrogen-bond acceptors (Lipinski definition) is 1. The predicted octanol–water partition coefficient (Wildman–Crippen LogP) is 1.76. The molecular weight excluding hydrogens is 132 g/mol. The number of carbonyl (C=O) groups excluding carboxylic acids is 1. The Labute approximate surface area is 61.2 Å². The first-order valence-corrected chi connectivity index (χ1v) is 3.26. The third-order valence-corrected chi connectivity index (χ3v) is 1.30. The maximum Gasteiger partial charge on any atom is 0.233 e. The molecule has 0 fully saturated rings. The molecule has 0 spiro atoms. The van der Waals surface area contributed by atoms with E-state index < -0.39 is 0 Å². The first kappa shape index (κ1) is 8.45. The Bertz CT molecular complexity index is 152. The lowest BCUT2D eigenvalue weighted by Crippen LogP contribution is -2.03. The van der Waals surface area contributed by atoms with E-state index in [9.17, 15) is 4.79 Å². The molecule has 2 heteroatoms. The van der Waals surface area contributed by atoms with E-state index in [1.807, 2.05) is 6.92 Å². The van der Waals surface area contributed by atoms with E-state index in [-0.39, 0.29) is 11.0 Å². The van der Waals surface area contributed by atoms with E-state index in [1.54, 1.807) is 6.92 Å². The topological polar surface area (TPSA) is 17.1 Å². The maximum atomic E-state index is 10.5. The molecule has 0 N–H and O–H groups in total. The molecule has 0 aromatic heterocycles. The summed E-state index contributed by atoms with van der Waals surface area (Å²) in [5, 5.41) is -0.244. The molecule has 1 radical (unpaired) electrons. The van der Waals surface area contributed by atoms with Gasteiger partial charge in [-0.2, -0.15) is 0 Å². The fourth-order valence-corrected chi connectivity index (χ4v) is 0.727. The Morgan fingerprint density at radius 1 is 1.78 bits per heavy atom. The van der Waals surface area contributed by atoms with Crippen LogP contribution in [-0.2, 0) is 4.79 Å². The highest BCUT2D eigenvalue weighted by Crippen LogP contribution is 2.03. The van der Waals surface area contributed by atoms with E-state index in [2.05, 4.69) is 24.5 Å². The Kier molecular flexibility index (Phi) is 4.08. The predicted molar refractivity (Wildman–Crippen MR) is 39.8 cm³/mol. The van der Waals surface area contributed by atoms with Crippen LogP contribution in [0.3, 0.4) is 0 Å². The van der Waals surface area contributed by atoms with E-state index >= 15 is 0 Å². The highest BCUT2D eigenvalue weighted by atomic mass is 32.1. The molecule has 9 heavy (non-hydrogen) atoms. The Morgan fingerprint density at radius 2 is 2.33 bits per heavy atom. The quantitative estimate of drug-likeness (QED) is 0.535. The molecule has 0 heterocycles. The summed E-state index contributed by atoms with van der Waals surface area (Å²) in [6.45, 7) is 3.61. The van der Waals surface area contributed by atoms with Crippen LogP contribution < -0.4 is 0 Å². The molecule has 0 amide bonds. The van der Waals surface area contributed by atoms with Crippen molar-refractivity contribution in [1.29, 1.82) is 0 Å². The van der Waals surface area contributed by atoms with E-state index in [1.165, 1.54) is 0 Å². The van der Waals surface area contributed by atoms with Crippen LogP contribution in [0.1, 0.15) is 20.3 Å². The van der Waals surface area contributed by atoms with Gasteiger partial charge in [0.05, 0.1) is 5.92 Å². The molecule has 0 aliphatic rings. The second kappa shape index (κ2) is 4.34. The minimum absolute atomic E-state index is 0.218. The van der Waals surface area contributed by atoms with Gasteiger partial charge >= 0.3 is 0 Å². The lowest BCUT2D eigenvalue weighted by molar-refractivity contribution is -0.112. The summed E-state index contributed by atoms with van der Waals surface area (Å²) in [6, 6.07) is 0. The van der Waals surface area contributed by atoms with Gasteiger partial charge in [-0.1, -0.05) is 12.8 Å². The normalized spacial score (nSPS) is 11.3. The summed E-state index contributed by atoms with van der Waals surface area (Å²) in [5.74, 6) is 5.17. The van der Waals surface area contributed by atoms with Crippen molar-refractivity contribution in [2.75, 3.05) is 0 Å². The molecular formula is C7H9OS. The number of hydrogen-bond donors (Lipinski definition) is 0. The maximum absolute atomic E-state index is 10.5. The van der Waals surface area contributed by atoms with Crippen LogP contribution in [0, 0.1) is 17.8 Å². The van der Waals surface area contributed by atoms with Crippen LogP contribution in [0.4, 0.5) is 0 Å². The van der Waals surface area contributed by atoms with Gasteiger partial charge in [0.15, 0.2) is 0 Å². The number of carbonyl (C=O) groups is 1. The summed E-state index contributed by atoms with van der Waals surface area (Å²) < 4.78 is 0. The second-order valence-electron chi connectivity index (χ2n) is 1.67. The summed E-state index contributed by atoms with van der Waals surface area (Å²) in [4.78, 5) is 10.5. The average molecular weight is 141 g/mol. The molecule has 1 nitrogen and oxygen atoms in total. The molecule has 0 aliphatic carbocycles. The minimum atomic E-state index is -0.244. The lowest BCUT2D eigenvalue weighted by Gasteiger charge is -1.96. The zero-order valence-electron chi connectivity index (χ0n) is 5.60. The van der Waals surface area contributed by atoms with Gasteiger partial charge in [-0.3, -0.25) is 4.79 Å². The molecule has 0 saturated heterocycles. The van der Waals surface area contributed by atoms with Gasteiger partial charge in [-0.25, -0.2) is 0 Å².